The first-order chi connectivity index (χ1) is 18.9. The number of carbonyl (C=O) groups is 2. The molecule has 0 fully saturated rings. The summed E-state index contributed by atoms with van der Waals surface area (Å²) in [6.07, 6.45) is 0. The van der Waals surface area contributed by atoms with Crippen LogP contribution in [0.15, 0.2) is 82.5 Å². The lowest BCUT2D eigenvalue weighted by Gasteiger charge is -2.27. The highest BCUT2D eigenvalue weighted by atomic mass is 35.5. The summed E-state index contributed by atoms with van der Waals surface area (Å²) in [6, 6.07) is 17.9. The van der Waals surface area contributed by atoms with Crippen molar-refractivity contribution in [2.24, 2.45) is 0 Å². The number of benzene rings is 3. The van der Waals surface area contributed by atoms with E-state index in [0.29, 0.717) is 57.7 Å². The fourth-order valence-corrected chi connectivity index (χ4v) is 4.94. The normalized spacial score (nSPS) is 15.2. The molecule has 1 amide bonds. The minimum atomic E-state index is -0.933. The molecule has 8 nitrogen and oxygen atoms in total. The second-order valence-electron chi connectivity index (χ2n) is 8.71. The number of hydrogen-bond acceptors (Lipinski definition) is 7. The molecule has 0 bridgehead atoms. The number of Topliss-reactive ketones (excluding diaryl/α,β-unsaturated/α-hetero) is 1. The van der Waals surface area contributed by atoms with Gasteiger partial charge in [0.05, 0.1) is 31.9 Å². The van der Waals surface area contributed by atoms with Crippen LogP contribution >= 0.6 is 11.6 Å². The zero-order valence-corrected chi connectivity index (χ0v) is 22.3. The number of anilines is 1. The molecule has 5 rings (SSSR count). The molecule has 1 atom stereocenters. The van der Waals surface area contributed by atoms with Crippen LogP contribution in [0.2, 0.25) is 5.02 Å². The summed E-state index contributed by atoms with van der Waals surface area (Å²) < 4.78 is 22.7. The quantitative estimate of drug-likeness (QED) is 0.233. The number of fused-ring (bicyclic) bond motifs is 1. The van der Waals surface area contributed by atoms with Gasteiger partial charge in [-0.05, 0) is 43.7 Å². The molecular weight excluding hydrogens is 522 g/mol. The van der Waals surface area contributed by atoms with E-state index in [1.807, 2.05) is 19.9 Å². The molecule has 1 unspecified atom stereocenters. The highest BCUT2D eigenvalue weighted by molar-refractivity contribution is 6.31. The zero-order valence-electron chi connectivity index (χ0n) is 21.6. The van der Waals surface area contributed by atoms with Gasteiger partial charge < -0.3 is 23.7 Å². The lowest BCUT2D eigenvalue weighted by Crippen LogP contribution is -2.31. The molecule has 1 aromatic heterocycles. The van der Waals surface area contributed by atoms with Crippen LogP contribution in [0.25, 0.3) is 11.0 Å². The summed E-state index contributed by atoms with van der Waals surface area (Å²) in [5, 5.41) is 12.1. The molecule has 9 heteroatoms. The highest BCUT2D eigenvalue weighted by Gasteiger charge is 2.45. The van der Waals surface area contributed by atoms with Crippen LogP contribution in [0.3, 0.4) is 0 Å². The Morgan fingerprint density at radius 1 is 0.974 bits per heavy atom. The fourth-order valence-electron chi connectivity index (χ4n) is 4.73. The van der Waals surface area contributed by atoms with E-state index in [0.717, 1.165) is 0 Å². The Balaban J connectivity index is 1.63. The minimum Gasteiger partial charge on any atom is -0.503 e. The monoisotopic (exact) mass is 547 g/mol. The van der Waals surface area contributed by atoms with E-state index in [-0.39, 0.29) is 11.3 Å². The molecule has 200 valence electrons. The largest absolute Gasteiger partial charge is 0.503 e. The van der Waals surface area contributed by atoms with Crippen molar-refractivity contribution in [2.75, 3.05) is 25.2 Å². The predicted molar refractivity (Wildman–Crippen MR) is 147 cm³/mol. The third-order valence-corrected chi connectivity index (χ3v) is 6.58. The maximum atomic E-state index is 13.9. The third-order valence-electron chi connectivity index (χ3n) is 6.36. The lowest BCUT2D eigenvalue weighted by atomic mass is 9.94. The smallest absolute Gasteiger partial charge is 0.294 e. The minimum absolute atomic E-state index is 0.0654. The number of halogens is 1. The van der Waals surface area contributed by atoms with Crippen LogP contribution in [-0.2, 0) is 4.79 Å². The Labute approximate surface area is 229 Å². The molecule has 1 aliphatic rings. The maximum absolute atomic E-state index is 13.9. The Morgan fingerprint density at radius 3 is 2.38 bits per heavy atom. The molecule has 2 heterocycles. The summed E-state index contributed by atoms with van der Waals surface area (Å²) in [6.45, 7) is 4.52. The third kappa shape index (κ3) is 4.68. The van der Waals surface area contributed by atoms with Crippen molar-refractivity contribution < 1.29 is 33.3 Å². The van der Waals surface area contributed by atoms with Crippen molar-refractivity contribution in [1.82, 2.24) is 0 Å². The van der Waals surface area contributed by atoms with Gasteiger partial charge in [0.15, 0.2) is 34.4 Å². The van der Waals surface area contributed by atoms with Crippen molar-refractivity contribution in [3.05, 3.63) is 94.4 Å². The average molecular weight is 548 g/mol. The number of ketones is 1. The van der Waals surface area contributed by atoms with E-state index in [9.17, 15) is 14.7 Å². The summed E-state index contributed by atoms with van der Waals surface area (Å²) >= 11 is 6.19. The number of amides is 1. The van der Waals surface area contributed by atoms with Gasteiger partial charge in [-0.1, -0.05) is 41.9 Å². The Bertz CT molecular complexity index is 1590. The van der Waals surface area contributed by atoms with Crippen molar-refractivity contribution in [3.63, 3.8) is 0 Å². The van der Waals surface area contributed by atoms with Gasteiger partial charge >= 0.3 is 0 Å². The van der Waals surface area contributed by atoms with Gasteiger partial charge in [0, 0.05) is 28.2 Å². The molecular formula is C30H26ClNO7. The Hall–Kier alpha value is -4.43. The number of aliphatic hydroxyl groups excluding tert-OH is 1. The van der Waals surface area contributed by atoms with Crippen LogP contribution in [0.4, 0.5) is 5.69 Å². The van der Waals surface area contributed by atoms with Crippen LogP contribution in [0.5, 0.6) is 17.2 Å². The molecule has 0 saturated heterocycles. The van der Waals surface area contributed by atoms with Crippen molar-refractivity contribution in [1.29, 1.82) is 0 Å². The van der Waals surface area contributed by atoms with E-state index in [2.05, 4.69) is 0 Å². The predicted octanol–water partition coefficient (Wildman–Crippen LogP) is 6.68. The average Bonchev–Trinajstić information content (AvgIpc) is 3.48. The number of ether oxygens (including phenoxy) is 3. The first-order valence-electron chi connectivity index (χ1n) is 12.4. The zero-order chi connectivity index (χ0) is 27.7. The van der Waals surface area contributed by atoms with Crippen LogP contribution in [0, 0.1) is 0 Å². The van der Waals surface area contributed by atoms with E-state index >= 15 is 0 Å². The molecule has 0 radical (unpaired) electrons. The highest BCUT2D eigenvalue weighted by Crippen LogP contribution is 2.44. The topological polar surface area (TPSA) is 98.4 Å². The maximum Gasteiger partial charge on any atom is 0.294 e. The molecule has 1 N–H and O–H groups in total. The number of aliphatic hydroxyl groups is 1. The number of rotatable bonds is 9. The van der Waals surface area contributed by atoms with Gasteiger partial charge in [0.2, 0.25) is 5.78 Å². The van der Waals surface area contributed by atoms with Gasteiger partial charge in [0.1, 0.15) is 0 Å². The number of methoxy groups -OCH3 is 1. The number of hydrogen-bond donors (Lipinski definition) is 1. The number of nitrogens with zero attached hydrogens (tertiary/aromatic N) is 1. The summed E-state index contributed by atoms with van der Waals surface area (Å²) in [5.74, 6) is -0.767. The molecule has 0 saturated carbocycles. The molecule has 3 aromatic carbocycles. The van der Waals surface area contributed by atoms with Crippen molar-refractivity contribution in [2.45, 2.75) is 19.9 Å². The lowest BCUT2D eigenvalue weighted by molar-refractivity contribution is -0.117. The molecule has 1 aliphatic heterocycles. The summed E-state index contributed by atoms with van der Waals surface area (Å²) in [5.41, 5.74) is 1.27. The SMILES string of the molecule is CCOc1ccc(N2C(=O)C(O)=C(C(=O)c3cc4cc(Cl)cc(OC)c4o3)C2c2ccccc2)cc1OCC. The second kappa shape index (κ2) is 10.7. The fraction of sp³-hybridized carbons (Fsp3) is 0.200. The molecule has 0 aliphatic carbocycles. The van der Waals surface area contributed by atoms with Gasteiger partial charge in [-0.2, -0.15) is 0 Å². The van der Waals surface area contributed by atoms with Crippen molar-refractivity contribution in [3.8, 4) is 17.2 Å². The van der Waals surface area contributed by atoms with E-state index in [1.165, 1.54) is 18.1 Å². The first kappa shape index (κ1) is 26.2. The summed E-state index contributed by atoms with van der Waals surface area (Å²) in [7, 11) is 1.47. The van der Waals surface area contributed by atoms with E-state index in [1.54, 1.807) is 54.6 Å². The van der Waals surface area contributed by atoms with Gasteiger partial charge in [0.25, 0.3) is 5.91 Å². The van der Waals surface area contributed by atoms with Gasteiger partial charge in [-0.25, -0.2) is 0 Å². The molecule has 0 spiro atoms. The van der Waals surface area contributed by atoms with Crippen molar-refractivity contribution >= 4 is 39.9 Å². The summed E-state index contributed by atoms with van der Waals surface area (Å²) in [4.78, 5) is 28.8. The molecule has 4 aromatic rings. The molecule has 39 heavy (non-hydrogen) atoms. The van der Waals surface area contributed by atoms with Crippen LogP contribution < -0.4 is 19.1 Å². The van der Waals surface area contributed by atoms with Crippen LogP contribution in [-0.4, -0.2) is 37.1 Å². The number of furan rings is 1. The Kier molecular flexibility index (Phi) is 7.21. The second-order valence-corrected chi connectivity index (χ2v) is 9.15. The van der Waals surface area contributed by atoms with Gasteiger partial charge in [-0.3, -0.25) is 14.5 Å². The van der Waals surface area contributed by atoms with E-state index in [4.69, 9.17) is 30.2 Å². The van der Waals surface area contributed by atoms with Crippen LogP contribution in [0.1, 0.15) is 36.0 Å². The first-order valence-corrected chi connectivity index (χ1v) is 12.8. The van der Waals surface area contributed by atoms with Gasteiger partial charge in [-0.15, -0.1) is 0 Å². The van der Waals surface area contributed by atoms with E-state index < -0.39 is 23.5 Å². The standard InChI is InChI=1S/C30H26ClNO7/c1-4-37-21-12-11-20(16-22(21)38-5-2)32-26(17-9-7-6-8-10-17)25(28(34)30(32)35)27(33)23-14-18-13-19(31)15-24(36-3)29(18)39-23/h6-16,26,34H,4-5H2,1-3H3. The number of carbonyl (C=O) groups excluding carboxylic acids is 2. The Morgan fingerprint density at radius 2 is 1.69 bits per heavy atom.